The van der Waals surface area contributed by atoms with E-state index in [1.807, 2.05) is 0 Å². The molecule has 0 amide bonds. The molecule has 2 aromatic carbocycles. The van der Waals surface area contributed by atoms with E-state index in [2.05, 4.69) is 20.0 Å². The van der Waals surface area contributed by atoms with Gasteiger partial charge in [-0.1, -0.05) is 12.1 Å². The fourth-order valence-corrected chi connectivity index (χ4v) is 4.58. The van der Waals surface area contributed by atoms with Crippen molar-refractivity contribution in [3.63, 3.8) is 0 Å². The summed E-state index contributed by atoms with van der Waals surface area (Å²) in [5.74, 6) is 1.54. The quantitative estimate of drug-likeness (QED) is 0.333. The summed E-state index contributed by atoms with van der Waals surface area (Å²) in [7, 11) is -1.40. The van der Waals surface area contributed by atoms with Gasteiger partial charge in [0.25, 0.3) is 0 Å². The van der Waals surface area contributed by atoms with Gasteiger partial charge in [-0.2, -0.15) is 17.7 Å². The first kappa shape index (κ1) is 25.2. The van der Waals surface area contributed by atoms with Crippen molar-refractivity contribution in [2.75, 3.05) is 27.4 Å². The molecule has 0 aliphatic rings. The summed E-state index contributed by atoms with van der Waals surface area (Å²) in [6.07, 6.45) is -4.82. The largest absolute Gasteiger partial charge is 0.497 e. The number of methoxy groups -OCH3 is 2. The van der Waals surface area contributed by atoms with Crippen LogP contribution in [0.1, 0.15) is 5.56 Å². The smallest absolute Gasteiger partial charge is 0.417 e. The second kappa shape index (κ2) is 9.99. The predicted molar refractivity (Wildman–Crippen MR) is 121 cm³/mol. The molecular weight excluding hydrogens is 503 g/mol. The first-order chi connectivity index (χ1) is 17.1. The third-order valence-electron chi connectivity index (χ3n) is 5.01. The van der Waals surface area contributed by atoms with Crippen molar-refractivity contribution in [2.45, 2.75) is 11.1 Å². The van der Waals surface area contributed by atoms with E-state index >= 15 is 0 Å². The van der Waals surface area contributed by atoms with Crippen molar-refractivity contribution in [3.8, 4) is 28.8 Å². The molecule has 0 saturated heterocycles. The lowest BCUT2D eigenvalue weighted by molar-refractivity contribution is -0.139. The second-order valence-corrected chi connectivity index (χ2v) is 9.01. The highest BCUT2D eigenvalue weighted by Crippen LogP contribution is 2.34. The van der Waals surface area contributed by atoms with Crippen molar-refractivity contribution in [2.24, 2.45) is 0 Å². The number of hydrogen-bond donors (Lipinski definition) is 1. The van der Waals surface area contributed by atoms with Gasteiger partial charge in [0.2, 0.25) is 15.9 Å². The Bertz CT molecular complexity index is 1490. The minimum atomic E-state index is -4.82. The zero-order chi connectivity index (χ0) is 25.9. The number of fused-ring (bicyclic) bond motifs is 1. The number of sulfonamides is 1. The van der Waals surface area contributed by atoms with Gasteiger partial charge in [-0.3, -0.25) is 0 Å². The highest BCUT2D eigenvalue weighted by molar-refractivity contribution is 7.89. The van der Waals surface area contributed by atoms with Crippen molar-refractivity contribution in [3.05, 3.63) is 60.2 Å². The van der Waals surface area contributed by atoms with Gasteiger partial charge in [0.05, 0.1) is 30.2 Å². The van der Waals surface area contributed by atoms with Crippen LogP contribution in [0.3, 0.4) is 0 Å². The van der Waals surface area contributed by atoms with Crippen molar-refractivity contribution in [1.82, 2.24) is 24.5 Å². The lowest BCUT2D eigenvalue weighted by Gasteiger charge is -2.14. The number of aromatic nitrogens is 4. The third-order valence-corrected chi connectivity index (χ3v) is 6.53. The van der Waals surface area contributed by atoms with Gasteiger partial charge < -0.3 is 14.2 Å². The SMILES string of the molecule is COc1ccc(-c2nnc3ccc(OCCNS(=O)(=O)c4ccccc4C(F)(F)F)nn23)c(OC)c1. The number of alkyl halides is 3. The molecule has 0 aliphatic heterocycles. The molecule has 36 heavy (non-hydrogen) atoms. The summed E-state index contributed by atoms with van der Waals surface area (Å²) in [5.41, 5.74) is -0.245. The highest BCUT2D eigenvalue weighted by Gasteiger charge is 2.36. The van der Waals surface area contributed by atoms with Gasteiger partial charge in [-0.25, -0.2) is 13.1 Å². The Morgan fingerprint density at radius 3 is 2.50 bits per heavy atom. The Labute approximate surface area is 203 Å². The minimum Gasteiger partial charge on any atom is -0.497 e. The lowest BCUT2D eigenvalue weighted by atomic mass is 10.2. The number of hydrogen-bond acceptors (Lipinski definition) is 8. The Kier molecular flexibility index (Phi) is 6.99. The maximum atomic E-state index is 13.2. The van der Waals surface area contributed by atoms with Crippen LogP contribution < -0.4 is 18.9 Å². The standard InChI is InChI=1S/C22H20F3N5O5S/c1-33-14-7-8-15(17(13-14)34-2)21-28-27-19-9-10-20(29-30(19)21)35-12-11-26-36(31,32)18-6-4-3-5-16(18)22(23,24)25/h3-10,13,26H,11-12H2,1-2H3. The van der Waals surface area contributed by atoms with Gasteiger partial charge in [0.1, 0.15) is 18.1 Å². The van der Waals surface area contributed by atoms with E-state index in [1.165, 1.54) is 30.9 Å². The van der Waals surface area contributed by atoms with Crippen molar-refractivity contribution in [1.29, 1.82) is 0 Å². The maximum absolute atomic E-state index is 13.2. The predicted octanol–water partition coefficient (Wildman–Crippen LogP) is 3.18. The molecule has 0 radical (unpaired) electrons. The normalized spacial score (nSPS) is 12.0. The fraction of sp³-hybridized carbons (Fsp3) is 0.227. The molecule has 190 valence electrons. The van der Waals surface area contributed by atoms with E-state index in [0.717, 1.165) is 12.1 Å². The van der Waals surface area contributed by atoms with E-state index in [4.69, 9.17) is 14.2 Å². The van der Waals surface area contributed by atoms with Gasteiger partial charge in [-0.05, 0) is 30.3 Å². The number of halogens is 3. The molecule has 0 unspecified atom stereocenters. The number of ether oxygens (including phenoxy) is 3. The summed E-state index contributed by atoms with van der Waals surface area (Å²) in [6, 6.07) is 12.2. The monoisotopic (exact) mass is 523 g/mol. The zero-order valence-electron chi connectivity index (χ0n) is 19.0. The summed E-state index contributed by atoms with van der Waals surface area (Å²) in [6.45, 7) is -0.495. The van der Waals surface area contributed by atoms with Crippen LogP contribution >= 0.6 is 0 Å². The first-order valence-electron chi connectivity index (χ1n) is 10.4. The molecular formula is C22H20F3N5O5S. The molecule has 0 bridgehead atoms. The molecule has 14 heteroatoms. The molecule has 0 fully saturated rings. The molecule has 0 saturated carbocycles. The highest BCUT2D eigenvalue weighted by atomic mass is 32.2. The zero-order valence-corrected chi connectivity index (χ0v) is 19.8. The molecule has 0 spiro atoms. The van der Waals surface area contributed by atoms with Crippen molar-refractivity contribution < 1.29 is 35.8 Å². The topological polar surface area (TPSA) is 117 Å². The molecule has 1 N–H and O–H groups in total. The Morgan fingerprint density at radius 1 is 1.00 bits per heavy atom. The molecule has 4 aromatic rings. The van der Waals surface area contributed by atoms with Crippen LogP contribution in [0.5, 0.6) is 17.4 Å². The number of nitrogens with zero attached hydrogens (tertiary/aromatic N) is 4. The van der Waals surface area contributed by atoms with Gasteiger partial charge in [0.15, 0.2) is 11.5 Å². The summed E-state index contributed by atoms with van der Waals surface area (Å²) >= 11 is 0. The first-order valence-corrected chi connectivity index (χ1v) is 11.9. The van der Waals surface area contributed by atoms with E-state index < -0.39 is 26.7 Å². The Hall–Kier alpha value is -3.91. The molecule has 10 nitrogen and oxygen atoms in total. The lowest BCUT2D eigenvalue weighted by Crippen LogP contribution is -2.30. The molecule has 4 rings (SSSR count). The molecule has 2 aromatic heterocycles. The average Bonchev–Trinajstić information content (AvgIpc) is 3.28. The van der Waals surface area contributed by atoms with E-state index in [9.17, 15) is 21.6 Å². The van der Waals surface area contributed by atoms with Crippen LogP contribution in [0, 0.1) is 0 Å². The minimum absolute atomic E-state index is 0.117. The number of nitrogens with one attached hydrogen (secondary N) is 1. The third kappa shape index (κ3) is 5.18. The average molecular weight is 523 g/mol. The fourth-order valence-electron chi connectivity index (χ4n) is 3.34. The van der Waals surface area contributed by atoms with Gasteiger partial charge in [-0.15, -0.1) is 15.3 Å². The summed E-state index contributed by atoms with van der Waals surface area (Å²) < 4.78 is 84.1. The van der Waals surface area contributed by atoms with Crippen LogP contribution in [0.25, 0.3) is 17.0 Å². The van der Waals surface area contributed by atoms with Crippen LogP contribution in [-0.2, 0) is 16.2 Å². The second-order valence-electron chi connectivity index (χ2n) is 7.27. The number of rotatable bonds is 9. The van der Waals surface area contributed by atoms with Crippen molar-refractivity contribution >= 4 is 15.7 Å². The van der Waals surface area contributed by atoms with E-state index in [0.29, 0.717) is 34.6 Å². The van der Waals surface area contributed by atoms with Crippen LogP contribution in [0.4, 0.5) is 13.2 Å². The van der Waals surface area contributed by atoms with Gasteiger partial charge >= 0.3 is 6.18 Å². The Balaban J connectivity index is 1.48. The maximum Gasteiger partial charge on any atom is 0.417 e. The van der Waals surface area contributed by atoms with Crippen LogP contribution in [0.15, 0.2) is 59.5 Å². The van der Waals surface area contributed by atoms with Gasteiger partial charge in [0, 0.05) is 18.7 Å². The summed E-state index contributed by atoms with van der Waals surface area (Å²) in [5, 5.41) is 12.5. The van der Waals surface area contributed by atoms with Crippen LogP contribution in [-0.4, -0.2) is 55.6 Å². The van der Waals surface area contributed by atoms with Crippen LogP contribution in [0.2, 0.25) is 0 Å². The number of benzene rings is 2. The Morgan fingerprint density at radius 2 is 1.78 bits per heavy atom. The molecule has 0 aliphatic carbocycles. The van der Waals surface area contributed by atoms with E-state index in [-0.39, 0.29) is 19.0 Å². The molecule has 2 heterocycles. The molecule has 0 atom stereocenters. The van der Waals surface area contributed by atoms with E-state index in [1.54, 1.807) is 24.3 Å². The summed E-state index contributed by atoms with van der Waals surface area (Å²) in [4.78, 5) is -0.861.